The molecule has 73 heavy (non-hydrogen) atoms. The summed E-state index contributed by atoms with van der Waals surface area (Å²) in [7, 11) is 0. The van der Waals surface area contributed by atoms with Gasteiger partial charge >= 0.3 is 50.3 Å². The standard InChI is InChI=1S/C34H56N4O2.2C7H8.4C2H4O2.3Co/c1-31(2,3)27-11-23-15-35-19-33(7,8)21-37-17-25-13-28(32(4,5)6)14-26(30(25)40)18-38-22-34(9,10)20-36-16-24(12-27)29(23)39;2*1-7-5-3-2-4-6-7;4*1-2(3)4;;;/h11-14,35-40H,15-22H2,1-10H3;2*2-6H,1H3;4*1H3,(H,3,4);;;/q;;;;;;;3*+2/p-6. The molecule has 413 valence electrons. The molecule has 1 aliphatic heterocycles. The van der Waals surface area contributed by atoms with E-state index in [9.17, 15) is 10.2 Å². The van der Waals surface area contributed by atoms with Gasteiger partial charge in [0.15, 0.2) is 0 Å². The minimum Gasteiger partial charge on any atom is -0.872 e. The predicted octanol–water partition coefficient (Wildman–Crippen LogP) is 3.56. The number of carbonyl (C=O) groups excluding carboxylic acids is 4. The normalized spacial score (nSPS) is 13.8. The molecule has 1 heterocycles. The van der Waals surface area contributed by atoms with Crippen LogP contribution in [0.15, 0.2) is 84.9 Å². The molecule has 1 aliphatic rings. The molecule has 0 atom stereocenters. The van der Waals surface area contributed by atoms with Crippen LogP contribution in [0, 0.1) is 24.7 Å². The molecule has 3 radical (unpaired) electrons. The quantitative estimate of drug-likeness (QED) is 0.197. The van der Waals surface area contributed by atoms with Gasteiger partial charge in [-0.1, -0.05) is 177 Å². The maximum atomic E-state index is 13.4. The van der Waals surface area contributed by atoms with Crippen molar-refractivity contribution >= 4 is 23.9 Å². The number of carbonyl (C=O) groups is 4. The molecule has 0 spiro atoms. The maximum Gasteiger partial charge on any atom is 2.00 e. The van der Waals surface area contributed by atoms with Crippen LogP contribution in [0.5, 0.6) is 11.5 Å². The zero-order valence-electron chi connectivity index (χ0n) is 45.8. The Morgan fingerprint density at radius 2 is 0.603 bits per heavy atom. The summed E-state index contributed by atoms with van der Waals surface area (Å²) in [5, 5.41) is 76.7. The zero-order valence-corrected chi connectivity index (χ0v) is 48.9. The molecular formula is C56H82Co3N4O10. The number of nitrogens with one attached hydrogen (secondary N) is 4. The smallest absolute Gasteiger partial charge is 0.872 e. The molecule has 0 fully saturated rings. The Bertz CT molecular complexity index is 1900. The number of carboxylic acids is 4. The van der Waals surface area contributed by atoms with Crippen LogP contribution in [-0.4, -0.2) is 50.1 Å². The minimum absolute atomic E-state index is 0. The third kappa shape index (κ3) is 41.7. The van der Waals surface area contributed by atoms with Gasteiger partial charge in [0.2, 0.25) is 0 Å². The molecule has 4 aromatic rings. The van der Waals surface area contributed by atoms with Gasteiger partial charge in [0.25, 0.3) is 0 Å². The van der Waals surface area contributed by atoms with Crippen molar-refractivity contribution in [2.24, 2.45) is 10.8 Å². The van der Waals surface area contributed by atoms with E-state index >= 15 is 0 Å². The first kappa shape index (κ1) is 77.6. The van der Waals surface area contributed by atoms with E-state index in [1.807, 2.05) is 36.4 Å². The number of fused-ring (bicyclic) bond motifs is 4. The van der Waals surface area contributed by atoms with Gasteiger partial charge < -0.3 is 71.1 Å². The summed E-state index contributed by atoms with van der Waals surface area (Å²) in [5.41, 5.74) is 8.12. The molecule has 0 amide bonds. The van der Waals surface area contributed by atoms with Crippen LogP contribution in [-0.2, 0) is 107 Å². The summed E-state index contributed by atoms with van der Waals surface area (Å²) in [6.45, 7) is 35.2. The van der Waals surface area contributed by atoms with E-state index in [0.717, 1.165) is 76.1 Å². The second-order valence-electron chi connectivity index (χ2n) is 20.8. The van der Waals surface area contributed by atoms with Crippen molar-refractivity contribution in [2.75, 3.05) is 26.2 Å². The molecule has 17 heteroatoms. The van der Waals surface area contributed by atoms with E-state index in [1.54, 1.807) is 0 Å². The number of carboxylic acid groups (broad SMARTS) is 4. The Labute approximate surface area is 468 Å². The molecule has 0 saturated heterocycles. The summed E-state index contributed by atoms with van der Waals surface area (Å²) >= 11 is 0. The largest absolute Gasteiger partial charge is 2.00 e. The average Bonchev–Trinajstić information content (AvgIpc) is 3.19. The minimum atomic E-state index is -1.08. The molecule has 4 N–H and O–H groups in total. The van der Waals surface area contributed by atoms with Gasteiger partial charge in [0, 0.05) is 76.2 Å². The fraction of sp³-hybridized carbons (Fsp3) is 0.500. The molecular weight excluding hydrogens is 1070 g/mol. The fourth-order valence-electron chi connectivity index (χ4n) is 6.24. The van der Waals surface area contributed by atoms with E-state index in [-0.39, 0.29) is 83.5 Å². The first-order chi connectivity index (χ1) is 32.1. The molecule has 14 nitrogen and oxygen atoms in total. The van der Waals surface area contributed by atoms with Gasteiger partial charge in [-0.25, -0.2) is 0 Å². The molecule has 0 aromatic heterocycles. The Kier molecular flexibility index (Phi) is 41.7. The van der Waals surface area contributed by atoms with Crippen LogP contribution in [0.25, 0.3) is 0 Å². The molecule has 5 rings (SSSR count). The van der Waals surface area contributed by atoms with Crippen LogP contribution >= 0.6 is 0 Å². The second-order valence-corrected chi connectivity index (χ2v) is 20.8. The van der Waals surface area contributed by atoms with Gasteiger partial charge in [-0.3, -0.25) is 0 Å². The third-order valence-electron chi connectivity index (χ3n) is 9.77. The Morgan fingerprint density at radius 3 is 0.740 bits per heavy atom. The van der Waals surface area contributed by atoms with E-state index in [4.69, 9.17) is 39.6 Å². The van der Waals surface area contributed by atoms with E-state index < -0.39 is 23.9 Å². The van der Waals surface area contributed by atoms with Gasteiger partial charge in [-0.2, -0.15) is 0 Å². The number of rotatable bonds is 0. The molecule has 4 bridgehead atoms. The first-order valence-corrected chi connectivity index (χ1v) is 23.3. The van der Waals surface area contributed by atoms with Gasteiger partial charge in [-0.15, -0.1) is 0 Å². The Morgan fingerprint density at radius 1 is 0.425 bits per heavy atom. The van der Waals surface area contributed by atoms with E-state index in [0.29, 0.717) is 26.2 Å². The van der Waals surface area contributed by atoms with Crippen molar-refractivity contribution in [1.82, 2.24) is 21.3 Å². The molecule has 4 aromatic carbocycles. The fourth-order valence-corrected chi connectivity index (χ4v) is 6.24. The summed E-state index contributed by atoms with van der Waals surface area (Å²) in [4.78, 5) is 35.6. The number of aliphatic carboxylic acids is 4. The third-order valence-corrected chi connectivity index (χ3v) is 9.77. The van der Waals surface area contributed by atoms with Crippen molar-refractivity contribution < 1.29 is 100 Å². The SMILES string of the molecule is CC(=O)[O-].CC(=O)[O-].CC(=O)[O-].CC(=O)[O-].CC1(C)CNCc2cc(C(C)(C)C)cc(c2[O-])CNCC(C)(C)CNCc2cc(C(C)(C)C)cc(c2[O-])CNC1.Cc1ccccc1.Cc1ccccc1.[Co+2].[Co+2].[Co+2]. The van der Waals surface area contributed by atoms with Crippen LogP contribution in [0.4, 0.5) is 0 Å². The molecule has 0 aliphatic carbocycles. The molecule has 0 unspecified atom stereocenters. The van der Waals surface area contributed by atoms with Gasteiger partial charge in [-0.05, 0) is 96.6 Å². The number of hydrogen-bond donors (Lipinski definition) is 4. The second kappa shape index (κ2) is 39.2. The summed E-state index contributed by atoms with van der Waals surface area (Å²) < 4.78 is 0. The zero-order chi connectivity index (χ0) is 54.5. The molecule has 0 saturated carbocycles. The Balaban J connectivity index is -0.000000376. The number of aryl methyl sites for hydroxylation is 2. The first-order valence-electron chi connectivity index (χ1n) is 23.3. The van der Waals surface area contributed by atoms with Crippen molar-refractivity contribution in [3.8, 4) is 11.5 Å². The van der Waals surface area contributed by atoms with Crippen LogP contribution < -0.4 is 51.9 Å². The average molecular weight is 1150 g/mol. The maximum absolute atomic E-state index is 13.4. The summed E-state index contributed by atoms with van der Waals surface area (Å²) in [6, 6.07) is 28.9. The van der Waals surface area contributed by atoms with Crippen LogP contribution in [0.2, 0.25) is 0 Å². The van der Waals surface area contributed by atoms with Crippen LogP contribution in [0.1, 0.15) is 141 Å². The van der Waals surface area contributed by atoms with Gasteiger partial charge in [0.05, 0.1) is 0 Å². The van der Waals surface area contributed by atoms with Crippen molar-refractivity contribution in [1.29, 1.82) is 0 Å². The van der Waals surface area contributed by atoms with Crippen LogP contribution in [0.3, 0.4) is 0 Å². The summed E-state index contributed by atoms with van der Waals surface area (Å²) in [5.74, 6) is -4.07. The van der Waals surface area contributed by atoms with Gasteiger partial charge in [0.1, 0.15) is 0 Å². The van der Waals surface area contributed by atoms with E-state index in [1.165, 1.54) is 22.3 Å². The predicted molar refractivity (Wildman–Crippen MR) is 269 cm³/mol. The van der Waals surface area contributed by atoms with E-state index in [2.05, 4.69) is 153 Å². The monoisotopic (exact) mass is 1150 g/mol. The van der Waals surface area contributed by atoms with Crippen molar-refractivity contribution in [2.45, 2.75) is 148 Å². The Hall–Kier alpha value is -4.28. The number of benzene rings is 4. The van der Waals surface area contributed by atoms with Crippen molar-refractivity contribution in [3.05, 3.63) is 129 Å². The number of hydrogen-bond acceptors (Lipinski definition) is 14. The summed E-state index contributed by atoms with van der Waals surface area (Å²) in [6.07, 6.45) is 0. The topological polar surface area (TPSA) is 255 Å². The van der Waals surface area contributed by atoms with Crippen molar-refractivity contribution in [3.63, 3.8) is 0 Å².